The zero-order chi connectivity index (χ0) is 17.8. The summed E-state index contributed by atoms with van der Waals surface area (Å²) in [4.78, 5) is 0. The van der Waals surface area contributed by atoms with Gasteiger partial charge in [0.1, 0.15) is 5.75 Å². The van der Waals surface area contributed by atoms with Gasteiger partial charge in [0.25, 0.3) is 0 Å². The molecule has 1 aliphatic carbocycles. The maximum atomic E-state index is 6.28. The molecule has 0 aromatic heterocycles. The molecule has 0 amide bonds. The molecule has 0 unspecified atom stereocenters. The van der Waals surface area contributed by atoms with Gasteiger partial charge in [-0.2, -0.15) is 0 Å². The van der Waals surface area contributed by atoms with Crippen molar-refractivity contribution in [2.24, 2.45) is 0 Å². The van der Waals surface area contributed by atoms with E-state index < -0.39 is 14.6 Å². The molecule has 6 heteroatoms. The Kier molecular flexibility index (Phi) is 6.17. The van der Waals surface area contributed by atoms with Crippen molar-refractivity contribution in [1.82, 2.24) is 0 Å². The molecule has 0 atom stereocenters. The fourth-order valence-corrected chi connectivity index (χ4v) is 6.23. The molecule has 0 bridgehead atoms. The fraction of sp³-hybridized carbons (Fsp3) is 0.684. The van der Waals surface area contributed by atoms with Gasteiger partial charge in [-0.1, -0.05) is 12.5 Å². The second-order valence-electron chi connectivity index (χ2n) is 6.54. The second kappa shape index (κ2) is 8.18. The summed E-state index contributed by atoms with van der Waals surface area (Å²) in [7, 11) is -2.89. The Labute approximate surface area is 151 Å². The topological polar surface area (TPSA) is 46.2 Å². The van der Waals surface area contributed by atoms with Gasteiger partial charge in [-0.15, -0.1) is 0 Å². The summed E-state index contributed by atoms with van der Waals surface area (Å²) in [6.07, 6.45) is 5.56. The molecule has 25 heavy (non-hydrogen) atoms. The monoisotopic (exact) mass is 366 g/mol. The standard InChI is InChI=1S/C19H30O5Si/c1-4-21-25(22-5-2,23-6-3)17-10-11-18-16(14-17)15-20-19(24-18)12-8-7-9-13-19/h10-11,14H,4-9,12-13,15H2,1-3H3. The van der Waals surface area contributed by atoms with Gasteiger partial charge in [-0.3, -0.25) is 0 Å². The minimum atomic E-state index is -2.89. The van der Waals surface area contributed by atoms with Crippen LogP contribution in [-0.4, -0.2) is 34.4 Å². The molecule has 140 valence electrons. The van der Waals surface area contributed by atoms with Crippen LogP contribution in [0.4, 0.5) is 0 Å². The molecule has 1 aromatic carbocycles. The first-order chi connectivity index (χ1) is 12.2. The molecule has 1 spiro atoms. The van der Waals surface area contributed by atoms with E-state index in [1.165, 1.54) is 19.3 Å². The van der Waals surface area contributed by atoms with E-state index in [0.29, 0.717) is 26.4 Å². The lowest BCUT2D eigenvalue weighted by atomic mass is 9.93. The average molecular weight is 367 g/mol. The van der Waals surface area contributed by atoms with E-state index in [1.54, 1.807) is 0 Å². The van der Waals surface area contributed by atoms with Crippen LogP contribution in [0.1, 0.15) is 58.4 Å². The van der Waals surface area contributed by atoms with Crippen LogP contribution in [0.5, 0.6) is 5.75 Å². The van der Waals surface area contributed by atoms with Crippen molar-refractivity contribution in [2.75, 3.05) is 19.8 Å². The molecule has 5 nitrogen and oxygen atoms in total. The van der Waals surface area contributed by atoms with Crippen molar-refractivity contribution >= 4 is 14.0 Å². The predicted molar refractivity (Wildman–Crippen MR) is 97.9 cm³/mol. The van der Waals surface area contributed by atoms with E-state index in [4.69, 9.17) is 22.8 Å². The summed E-state index contributed by atoms with van der Waals surface area (Å²) >= 11 is 0. The van der Waals surface area contributed by atoms with E-state index in [0.717, 1.165) is 29.3 Å². The third-order valence-electron chi connectivity index (χ3n) is 4.82. The Bertz CT molecular complexity index is 554. The van der Waals surface area contributed by atoms with Gasteiger partial charge in [-0.25, -0.2) is 0 Å². The van der Waals surface area contributed by atoms with E-state index in [2.05, 4.69) is 6.07 Å². The molecular formula is C19H30O5Si. The van der Waals surface area contributed by atoms with Crippen LogP contribution in [0.15, 0.2) is 18.2 Å². The summed E-state index contributed by atoms with van der Waals surface area (Å²) in [5.41, 5.74) is 1.05. The first kappa shape index (κ1) is 18.9. The molecule has 1 heterocycles. The van der Waals surface area contributed by atoms with Crippen LogP contribution in [0, 0.1) is 0 Å². The lowest BCUT2D eigenvalue weighted by Gasteiger charge is -2.41. The molecule has 1 aromatic rings. The normalized spacial score (nSPS) is 19.5. The number of hydrogen-bond acceptors (Lipinski definition) is 5. The van der Waals surface area contributed by atoms with Crippen LogP contribution >= 0.6 is 0 Å². The Hall–Kier alpha value is -0.923. The minimum Gasteiger partial charge on any atom is -0.462 e. The summed E-state index contributed by atoms with van der Waals surface area (Å²) < 4.78 is 30.5. The molecule has 0 radical (unpaired) electrons. The second-order valence-corrected chi connectivity index (χ2v) is 9.10. The van der Waals surface area contributed by atoms with Crippen molar-refractivity contribution in [3.8, 4) is 5.75 Å². The summed E-state index contributed by atoms with van der Waals surface area (Å²) in [5.74, 6) is 0.505. The van der Waals surface area contributed by atoms with E-state index in [-0.39, 0.29) is 0 Å². The largest absolute Gasteiger partial charge is 0.537 e. The highest BCUT2D eigenvalue weighted by atomic mass is 28.4. The summed E-state index contributed by atoms with van der Waals surface area (Å²) in [6, 6.07) is 6.15. The number of rotatable bonds is 7. The van der Waals surface area contributed by atoms with E-state index in [9.17, 15) is 0 Å². The third-order valence-corrected chi connectivity index (χ3v) is 7.84. The molecule has 1 saturated carbocycles. The van der Waals surface area contributed by atoms with Crippen LogP contribution < -0.4 is 9.92 Å². The molecule has 0 saturated heterocycles. The van der Waals surface area contributed by atoms with Gasteiger partial charge in [-0.05, 0) is 45.7 Å². The molecular weight excluding hydrogens is 336 g/mol. The highest BCUT2D eigenvalue weighted by Gasteiger charge is 2.45. The maximum absolute atomic E-state index is 6.28. The van der Waals surface area contributed by atoms with Crippen LogP contribution in [0.3, 0.4) is 0 Å². The zero-order valence-corrected chi connectivity index (χ0v) is 16.6. The SMILES string of the molecule is CCO[Si](OCC)(OCC)c1ccc2c(c1)COC1(CCCCC1)O2. The van der Waals surface area contributed by atoms with Gasteiger partial charge in [0.2, 0.25) is 5.79 Å². The van der Waals surface area contributed by atoms with Crippen molar-refractivity contribution in [3.05, 3.63) is 23.8 Å². The lowest BCUT2D eigenvalue weighted by Crippen LogP contribution is -2.57. The molecule has 2 aliphatic rings. The third kappa shape index (κ3) is 3.93. The molecule has 0 N–H and O–H groups in total. The number of ether oxygens (including phenoxy) is 2. The van der Waals surface area contributed by atoms with Crippen LogP contribution in [0.25, 0.3) is 0 Å². The predicted octanol–water partition coefficient (Wildman–Crippen LogP) is 3.51. The lowest BCUT2D eigenvalue weighted by molar-refractivity contribution is -0.222. The average Bonchev–Trinajstić information content (AvgIpc) is 2.62. The van der Waals surface area contributed by atoms with Crippen molar-refractivity contribution in [2.45, 2.75) is 65.3 Å². The first-order valence-corrected chi connectivity index (χ1v) is 11.3. The van der Waals surface area contributed by atoms with Gasteiger partial charge >= 0.3 is 8.80 Å². The zero-order valence-electron chi connectivity index (χ0n) is 15.6. The molecule has 3 rings (SSSR count). The van der Waals surface area contributed by atoms with E-state index >= 15 is 0 Å². The van der Waals surface area contributed by atoms with Gasteiger partial charge in [0.05, 0.1) is 6.61 Å². The van der Waals surface area contributed by atoms with Gasteiger partial charge < -0.3 is 22.8 Å². The Morgan fingerprint density at radius 2 is 1.60 bits per heavy atom. The highest BCUT2D eigenvalue weighted by Crippen LogP contribution is 2.39. The molecule has 1 fully saturated rings. The van der Waals surface area contributed by atoms with E-state index in [1.807, 2.05) is 32.9 Å². The minimum absolute atomic E-state index is 0.416. The number of hydrogen-bond donors (Lipinski definition) is 0. The Balaban J connectivity index is 1.87. The van der Waals surface area contributed by atoms with Crippen molar-refractivity contribution in [3.63, 3.8) is 0 Å². The fourth-order valence-electron chi connectivity index (χ4n) is 3.70. The number of benzene rings is 1. The van der Waals surface area contributed by atoms with Crippen LogP contribution in [-0.2, 0) is 24.6 Å². The van der Waals surface area contributed by atoms with Crippen molar-refractivity contribution < 1.29 is 22.8 Å². The van der Waals surface area contributed by atoms with Gasteiger partial charge in [0, 0.05) is 43.4 Å². The summed E-state index contributed by atoms with van der Waals surface area (Å²) in [6.45, 7) is 8.14. The Morgan fingerprint density at radius 1 is 0.960 bits per heavy atom. The highest BCUT2D eigenvalue weighted by molar-refractivity contribution is 6.75. The quantitative estimate of drug-likeness (QED) is 0.691. The maximum Gasteiger partial charge on any atom is 0.537 e. The van der Waals surface area contributed by atoms with Crippen molar-refractivity contribution in [1.29, 1.82) is 0 Å². The number of fused-ring (bicyclic) bond motifs is 1. The van der Waals surface area contributed by atoms with Gasteiger partial charge in [0.15, 0.2) is 0 Å². The smallest absolute Gasteiger partial charge is 0.462 e. The first-order valence-electron chi connectivity index (χ1n) is 9.55. The van der Waals surface area contributed by atoms with Crippen LogP contribution in [0.2, 0.25) is 0 Å². The Morgan fingerprint density at radius 3 is 2.20 bits per heavy atom. The summed E-state index contributed by atoms with van der Waals surface area (Å²) in [5, 5.41) is 0.976. The molecule has 1 aliphatic heterocycles.